The lowest BCUT2D eigenvalue weighted by Gasteiger charge is -2.25. The highest BCUT2D eigenvalue weighted by atomic mass is 16.5. The van der Waals surface area contributed by atoms with Crippen LogP contribution in [0.2, 0.25) is 0 Å². The number of hydrogen-bond acceptors (Lipinski definition) is 3. The second-order valence-electron chi connectivity index (χ2n) is 3.08. The molecule has 0 heterocycles. The van der Waals surface area contributed by atoms with Gasteiger partial charge in [-0.3, -0.25) is 4.79 Å². The minimum Gasteiger partial charge on any atom is -0.469 e. The van der Waals surface area contributed by atoms with Crippen LogP contribution in [0, 0.1) is 5.92 Å². The third-order valence-electron chi connectivity index (χ3n) is 2.32. The summed E-state index contributed by atoms with van der Waals surface area (Å²) in [4.78, 5) is 11.1. The summed E-state index contributed by atoms with van der Waals surface area (Å²) in [6.07, 6.45) is 4.11. The maximum absolute atomic E-state index is 11.1. The zero-order valence-electron chi connectivity index (χ0n) is 6.88. The van der Waals surface area contributed by atoms with Crippen LogP contribution in [0.3, 0.4) is 0 Å². The number of nitrogens with two attached hydrogens (primary N) is 1. The van der Waals surface area contributed by atoms with E-state index in [1.807, 2.05) is 0 Å². The van der Waals surface area contributed by atoms with E-state index in [1.54, 1.807) is 0 Å². The molecule has 0 aliphatic heterocycles. The predicted molar refractivity (Wildman–Crippen MR) is 41.9 cm³/mol. The van der Waals surface area contributed by atoms with E-state index in [1.165, 1.54) is 7.11 Å². The first-order valence-electron chi connectivity index (χ1n) is 4.09. The summed E-state index contributed by atoms with van der Waals surface area (Å²) < 4.78 is 4.64. The van der Waals surface area contributed by atoms with E-state index in [4.69, 9.17) is 5.73 Å². The van der Waals surface area contributed by atoms with Crippen molar-refractivity contribution < 1.29 is 9.53 Å². The van der Waals surface area contributed by atoms with Crippen molar-refractivity contribution >= 4 is 5.97 Å². The Labute approximate surface area is 66.9 Å². The maximum Gasteiger partial charge on any atom is 0.310 e. The molecule has 1 aliphatic carbocycles. The van der Waals surface area contributed by atoms with E-state index in [2.05, 4.69) is 4.74 Å². The van der Waals surface area contributed by atoms with Gasteiger partial charge in [0.05, 0.1) is 13.0 Å². The summed E-state index contributed by atoms with van der Waals surface area (Å²) in [6, 6.07) is 0.0243. The molecule has 0 spiro atoms. The SMILES string of the molecule is COC(=O)[C@@H]1CCCCC1N. The average molecular weight is 157 g/mol. The molecule has 1 saturated carbocycles. The van der Waals surface area contributed by atoms with Gasteiger partial charge in [0.25, 0.3) is 0 Å². The largest absolute Gasteiger partial charge is 0.469 e. The highest BCUT2D eigenvalue weighted by Crippen LogP contribution is 2.23. The summed E-state index contributed by atoms with van der Waals surface area (Å²) in [5, 5.41) is 0. The Bertz CT molecular complexity index is 147. The van der Waals surface area contributed by atoms with Gasteiger partial charge in [0.15, 0.2) is 0 Å². The van der Waals surface area contributed by atoms with Gasteiger partial charge in [0.1, 0.15) is 0 Å². The van der Waals surface area contributed by atoms with Crippen molar-refractivity contribution in [1.82, 2.24) is 0 Å². The van der Waals surface area contributed by atoms with Crippen molar-refractivity contribution in [3.63, 3.8) is 0 Å². The quantitative estimate of drug-likeness (QED) is 0.569. The van der Waals surface area contributed by atoms with Crippen molar-refractivity contribution in [1.29, 1.82) is 0 Å². The van der Waals surface area contributed by atoms with E-state index in [9.17, 15) is 4.79 Å². The van der Waals surface area contributed by atoms with Gasteiger partial charge in [-0.05, 0) is 12.8 Å². The van der Waals surface area contributed by atoms with Gasteiger partial charge in [0.2, 0.25) is 0 Å². The molecule has 64 valence electrons. The molecule has 3 nitrogen and oxygen atoms in total. The van der Waals surface area contributed by atoms with Crippen molar-refractivity contribution in [3.05, 3.63) is 0 Å². The predicted octanol–water partition coefficient (Wildman–Crippen LogP) is 0.677. The first-order chi connectivity index (χ1) is 5.25. The minimum atomic E-state index is -0.141. The van der Waals surface area contributed by atoms with Gasteiger partial charge in [-0.1, -0.05) is 12.8 Å². The van der Waals surface area contributed by atoms with E-state index >= 15 is 0 Å². The Morgan fingerprint density at radius 1 is 1.45 bits per heavy atom. The first kappa shape index (κ1) is 8.53. The second kappa shape index (κ2) is 3.72. The van der Waals surface area contributed by atoms with Gasteiger partial charge in [-0.2, -0.15) is 0 Å². The number of methoxy groups -OCH3 is 1. The molecular formula is C8H15NO2. The lowest BCUT2D eigenvalue weighted by Crippen LogP contribution is -2.38. The number of hydrogen-bond donors (Lipinski definition) is 1. The number of carbonyl (C=O) groups excluding carboxylic acids is 1. The molecule has 1 unspecified atom stereocenters. The summed E-state index contributed by atoms with van der Waals surface area (Å²) in [5.74, 6) is -0.189. The zero-order chi connectivity index (χ0) is 8.27. The zero-order valence-corrected chi connectivity index (χ0v) is 6.88. The Morgan fingerprint density at radius 3 is 2.64 bits per heavy atom. The number of ether oxygens (including phenoxy) is 1. The normalized spacial score (nSPS) is 31.5. The molecule has 0 amide bonds. The maximum atomic E-state index is 11.1. The van der Waals surface area contributed by atoms with Crippen LogP contribution in [0.5, 0.6) is 0 Å². The van der Waals surface area contributed by atoms with Crippen LogP contribution in [0.25, 0.3) is 0 Å². The summed E-state index contributed by atoms with van der Waals surface area (Å²) in [6.45, 7) is 0. The van der Waals surface area contributed by atoms with E-state index < -0.39 is 0 Å². The smallest absolute Gasteiger partial charge is 0.310 e. The Hall–Kier alpha value is -0.570. The summed E-state index contributed by atoms with van der Waals surface area (Å²) in [7, 11) is 1.42. The molecule has 2 atom stereocenters. The lowest BCUT2D eigenvalue weighted by atomic mass is 9.85. The molecule has 0 saturated heterocycles. The molecule has 2 N–H and O–H groups in total. The van der Waals surface area contributed by atoms with Gasteiger partial charge in [0, 0.05) is 6.04 Å². The van der Waals surface area contributed by atoms with Crippen LogP contribution in [-0.4, -0.2) is 19.1 Å². The molecule has 0 aromatic carbocycles. The number of carbonyl (C=O) groups is 1. The van der Waals surface area contributed by atoms with Gasteiger partial charge in [-0.15, -0.1) is 0 Å². The average Bonchev–Trinajstić information content (AvgIpc) is 2.04. The second-order valence-corrected chi connectivity index (χ2v) is 3.08. The molecule has 1 rings (SSSR count). The van der Waals surface area contributed by atoms with E-state index in [0.717, 1.165) is 25.7 Å². The molecule has 0 bridgehead atoms. The Kier molecular flexibility index (Phi) is 2.88. The van der Waals surface area contributed by atoms with Crippen molar-refractivity contribution in [3.8, 4) is 0 Å². The molecule has 0 aromatic rings. The van der Waals surface area contributed by atoms with Crippen molar-refractivity contribution in [2.75, 3.05) is 7.11 Å². The molecule has 1 fully saturated rings. The lowest BCUT2D eigenvalue weighted by molar-refractivity contribution is -0.147. The molecule has 11 heavy (non-hydrogen) atoms. The van der Waals surface area contributed by atoms with Crippen LogP contribution in [-0.2, 0) is 9.53 Å². The highest BCUT2D eigenvalue weighted by Gasteiger charge is 2.28. The van der Waals surface area contributed by atoms with Crippen LogP contribution in [0.4, 0.5) is 0 Å². The van der Waals surface area contributed by atoms with Crippen LogP contribution >= 0.6 is 0 Å². The highest BCUT2D eigenvalue weighted by molar-refractivity contribution is 5.73. The van der Waals surface area contributed by atoms with Crippen LogP contribution in [0.1, 0.15) is 25.7 Å². The van der Waals surface area contributed by atoms with Crippen molar-refractivity contribution in [2.24, 2.45) is 11.7 Å². The van der Waals surface area contributed by atoms with E-state index in [-0.39, 0.29) is 17.9 Å². The fraction of sp³-hybridized carbons (Fsp3) is 0.875. The van der Waals surface area contributed by atoms with Gasteiger partial charge in [-0.25, -0.2) is 0 Å². The summed E-state index contributed by atoms with van der Waals surface area (Å²) >= 11 is 0. The third kappa shape index (κ3) is 1.93. The molecule has 0 aromatic heterocycles. The number of rotatable bonds is 1. The fourth-order valence-corrected chi connectivity index (χ4v) is 1.60. The van der Waals surface area contributed by atoms with Gasteiger partial charge < -0.3 is 10.5 Å². The van der Waals surface area contributed by atoms with Crippen LogP contribution in [0.15, 0.2) is 0 Å². The van der Waals surface area contributed by atoms with Crippen LogP contribution < -0.4 is 5.73 Å². The Balaban J connectivity index is 2.47. The third-order valence-corrected chi connectivity index (χ3v) is 2.32. The molecule has 1 aliphatic rings. The monoisotopic (exact) mass is 157 g/mol. The minimum absolute atomic E-state index is 0.0243. The molecule has 0 radical (unpaired) electrons. The fourth-order valence-electron chi connectivity index (χ4n) is 1.60. The van der Waals surface area contributed by atoms with Gasteiger partial charge >= 0.3 is 5.97 Å². The van der Waals surface area contributed by atoms with E-state index in [0.29, 0.717) is 0 Å². The topological polar surface area (TPSA) is 52.3 Å². The molecule has 3 heteroatoms. The molecular weight excluding hydrogens is 142 g/mol. The summed E-state index contributed by atoms with van der Waals surface area (Å²) in [5.41, 5.74) is 5.75. The number of esters is 1. The Morgan fingerprint density at radius 2 is 2.09 bits per heavy atom. The first-order valence-corrected chi connectivity index (χ1v) is 4.09. The van der Waals surface area contributed by atoms with Crippen molar-refractivity contribution in [2.45, 2.75) is 31.7 Å². The standard InChI is InChI=1S/C8H15NO2/c1-11-8(10)6-4-2-3-5-7(6)9/h6-7H,2-5,9H2,1H3/t6-,7?/m1/s1.